The Morgan fingerprint density at radius 1 is 0.833 bits per heavy atom. The van der Waals surface area contributed by atoms with Gasteiger partial charge in [0.2, 0.25) is 0 Å². The summed E-state index contributed by atoms with van der Waals surface area (Å²) in [4.78, 5) is 11.6. The third-order valence-electron chi connectivity index (χ3n) is 8.19. The Hall–Kier alpha value is -2.97. The Balaban J connectivity index is 1.66. The molecular weight excluding hydrogens is 544 g/mol. The molecule has 0 saturated heterocycles. The summed E-state index contributed by atoms with van der Waals surface area (Å²) in [5.74, 6) is -0.277. The molecular formula is C35H48O6Si. The fourth-order valence-corrected chi connectivity index (χ4v) is 10.2. The maximum atomic E-state index is 11.6. The van der Waals surface area contributed by atoms with Gasteiger partial charge in [-0.05, 0) is 51.9 Å². The largest absolute Gasteiger partial charge is 0.497 e. The third-order valence-corrected chi connectivity index (χ3v) is 13.2. The molecule has 0 spiro atoms. The molecule has 0 fully saturated rings. The first kappa shape index (κ1) is 33.5. The van der Waals surface area contributed by atoms with E-state index >= 15 is 0 Å². The van der Waals surface area contributed by atoms with Gasteiger partial charge >= 0.3 is 5.97 Å². The quantitative estimate of drug-likeness (QED) is 0.197. The van der Waals surface area contributed by atoms with Gasteiger partial charge in [0.1, 0.15) is 5.75 Å². The van der Waals surface area contributed by atoms with Gasteiger partial charge in [0.15, 0.2) is 0 Å². The predicted octanol–water partition coefficient (Wildman–Crippen LogP) is 6.05. The number of carboxylic acid groups (broad SMARTS) is 1. The van der Waals surface area contributed by atoms with Gasteiger partial charge in [-0.15, -0.1) is 0 Å². The van der Waals surface area contributed by atoms with Gasteiger partial charge in [-0.3, -0.25) is 4.79 Å². The zero-order chi connectivity index (χ0) is 30.8. The molecule has 3 aromatic carbocycles. The van der Waals surface area contributed by atoms with E-state index in [-0.39, 0.29) is 23.3 Å². The van der Waals surface area contributed by atoms with Crippen LogP contribution in [0, 0.1) is 11.8 Å². The van der Waals surface area contributed by atoms with Gasteiger partial charge in [-0.25, -0.2) is 0 Å². The molecule has 7 heteroatoms. The lowest BCUT2D eigenvalue weighted by molar-refractivity contribution is -0.141. The van der Waals surface area contributed by atoms with Crippen molar-refractivity contribution in [1.82, 2.24) is 0 Å². The number of aliphatic carboxylic acids is 1. The summed E-state index contributed by atoms with van der Waals surface area (Å²) in [5.41, 5.74) is 0.951. The van der Waals surface area contributed by atoms with Crippen LogP contribution in [0.25, 0.3) is 0 Å². The van der Waals surface area contributed by atoms with E-state index in [1.807, 2.05) is 50.2 Å². The van der Waals surface area contributed by atoms with Crippen LogP contribution >= 0.6 is 0 Å². The van der Waals surface area contributed by atoms with E-state index in [0.29, 0.717) is 26.1 Å². The number of hydrogen-bond acceptors (Lipinski definition) is 5. The van der Waals surface area contributed by atoms with Crippen LogP contribution in [0.1, 0.15) is 59.4 Å². The van der Waals surface area contributed by atoms with Crippen molar-refractivity contribution >= 4 is 24.7 Å². The summed E-state index contributed by atoms with van der Waals surface area (Å²) in [6.45, 7) is 11.5. The lowest BCUT2D eigenvalue weighted by Crippen LogP contribution is -2.67. The molecule has 0 bridgehead atoms. The zero-order valence-corrected chi connectivity index (χ0v) is 27.0. The number of aliphatic hydroxyl groups is 1. The summed E-state index contributed by atoms with van der Waals surface area (Å²) in [6.07, 6.45) is 0.0536. The normalized spacial score (nSPS) is 15.0. The van der Waals surface area contributed by atoms with E-state index in [9.17, 15) is 15.0 Å². The number of ether oxygens (including phenoxy) is 2. The molecule has 3 aromatic rings. The smallest absolute Gasteiger partial charge is 0.305 e. The number of carbonyl (C=O) groups is 1. The molecule has 0 heterocycles. The van der Waals surface area contributed by atoms with Gasteiger partial charge in [0.05, 0.1) is 32.3 Å². The van der Waals surface area contributed by atoms with Crippen molar-refractivity contribution in [1.29, 1.82) is 0 Å². The van der Waals surface area contributed by atoms with Crippen LogP contribution in [0.3, 0.4) is 0 Å². The highest BCUT2D eigenvalue weighted by Crippen LogP contribution is 2.37. The first-order chi connectivity index (χ1) is 20.0. The molecule has 0 amide bonds. The molecule has 0 aliphatic heterocycles. The molecule has 228 valence electrons. The summed E-state index contributed by atoms with van der Waals surface area (Å²) < 4.78 is 18.3. The van der Waals surface area contributed by atoms with Gasteiger partial charge in [-0.1, -0.05) is 107 Å². The Bertz CT molecular complexity index is 1170. The summed E-state index contributed by atoms with van der Waals surface area (Å²) in [5, 5.41) is 23.0. The van der Waals surface area contributed by atoms with E-state index in [1.165, 1.54) is 10.4 Å². The minimum atomic E-state index is -2.69. The average molecular weight is 593 g/mol. The minimum Gasteiger partial charge on any atom is -0.497 e. The Morgan fingerprint density at radius 3 is 1.86 bits per heavy atom. The number of methoxy groups -OCH3 is 1. The molecule has 6 nitrogen and oxygen atoms in total. The number of aliphatic hydroxyl groups excluding tert-OH is 1. The maximum absolute atomic E-state index is 11.6. The third kappa shape index (κ3) is 8.77. The van der Waals surface area contributed by atoms with Crippen LogP contribution < -0.4 is 15.1 Å². The average Bonchev–Trinajstić information content (AvgIpc) is 2.98. The van der Waals surface area contributed by atoms with Crippen LogP contribution in [0.2, 0.25) is 5.04 Å². The van der Waals surface area contributed by atoms with Crippen LogP contribution in [0.15, 0.2) is 84.9 Å². The highest BCUT2D eigenvalue weighted by Gasteiger charge is 2.50. The zero-order valence-electron chi connectivity index (χ0n) is 26.0. The van der Waals surface area contributed by atoms with Crippen molar-refractivity contribution in [2.75, 3.05) is 13.7 Å². The van der Waals surface area contributed by atoms with Crippen molar-refractivity contribution in [3.05, 3.63) is 90.5 Å². The van der Waals surface area contributed by atoms with Crippen molar-refractivity contribution in [2.45, 2.75) is 77.7 Å². The van der Waals surface area contributed by atoms with Crippen molar-refractivity contribution in [3.8, 4) is 5.75 Å². The minimum absolute atomic E-state index is 0.0428. The van der Waals surface area contributed by atoms with Crippen molar-refractivity contribution in [2.24, 2.45) is 11.8 Å². The Morgan fingerprint density at radius 2 is 1.38 bits per heavy atom. The first-order valence-electron chi connectivity index (χ1n) is 14.9. The number of rotatable bonds is 16. The SMILES string of the molecule is COc1ccc(CO[C@H](CC(=O)O)[C@@H](C)CC[C@H](O)[C@H](C)CO[Si](c2ccccc2)(c2ccccc2)C(C)(C)C)cc1. The fourth-order valence-electron chi connectivity index (χ4n) is 5.55. The van der Waals surface area contributed by atoms with Crippen LogP contribution in [0.4, 0.5) is 0 Å². The van der Waals surface area contributed by atoms with Crippen LogP contribution in [0.5, 0.6) is 5.75 Å². The van der Waals surface area contributed by atoms with Gasteiger partial charge in [0.25, 0.3) is 8.32 Å². The molecule has 0 aliphatic carbocycles. The molecule has 0 aliphatic rings. The summed E-state index contributed by atoms with van der Waals surface area (Å²) in [6, 6.07) is 28.6. The number of benzene rings is 3. The first-order valence-corrected chi connectivity index (χ1v) is 16.8. The molecule has 0 unspecified atom stereocenters. The van der Waals surface area contributed by atoms with Gasteiger partial charge < -0.3 is 24.1 Å². The summed E-state index contributed by atoms with van der Waals surface area (Å²) in [7, 11) is -1.07. The highest BCUT2D eigenvalue weighted by molar-refractivity contribution is 6.99. The van der Waals surface area contributed by atoms with E-state index in [0.717, 1.165) is 11.3 Å². The second-order valence-corrected chi connectivity index (χ2v) is 16.7. The highest BCUT2D eigenvalue weighted by atomic mass is 28.4. The van der Waals surface area contributed by atoms with Gasteiger partial charge in [0, 0.05) is 12.5 Å². The van der Waals surface area contributed by atoms with Gasteiger partial charge in [-0.2, -0.15) is 0 Å². The van der Waals surface area contributed by atoms with Crippen molar-refractivity contribution in [3.63, 3.8) is 0 Å². The number of hydrogen-bond donors (Lipinski definition) is 2. The standard InChI is InChI=1S/C35H48O6Si/c1-26(33(23-34(37)38)40-25-28-18-20-29(39-6)21-19-28)17-22-32(36)27(2)24-41-42(35(3,4)5,30-13-9-7-10-14-30)31-15-11-8-12-16-31/h7-16,18-21,26-27,32-33,36H,17,22-25H2,1-6H3,(H,37,38)/t26-,27+,32-,33+/m0/s1. The van der Waals surface area contributed by atoms with Crippen molar-refractivity contribution < 1.29 is 28.9 Å². The topological polar surface area (TPSA) is 85.2 Å². The second-order valence-electron chi connectivity index (χ2n) is 12.4. The number of carboxylic acids is 1. The Kier molecular flexibility index (Phi) is 12.4. The molecule has 4 atom stereocenters. The molecule has 0 saturated carbocycles. The maximum Gasteiger partial charge on any atom is 0.305 e. The Labute approximate surface area is 252 Å². The van der Waals surface area contributed by atoms with Crippen LogP contribution in [-0.2, 0) is 20.6 Å². The fraction of sp³-hybridized carbons (Fsp3) is 0.457. The van der Waals surface area contributed by atoms with E-state index in [2.05, 4.69) is 69.3 Å². The summed E-state index contributed by atoms with van der Waals surface area (Å²) >= 11 is 0. The monoisotopic (exact) mass is 592 g/mol. The van der Waals surface area contributed by atoms with Crippen LogP contribution in [-0.4, -0.2) is 50.4 Å². The second kappa shape index (κ2) is 15.5. The molecule has 0 aromatic heterocycles. The predicted molar refractivity (Wildman–Crippen MR) is 171 cm³/mol. The molecule has 2 N–H and O–H groups in total. The molecule has 0 radical (unpaired) electrons. The van der Waals surface area contributed by atoms with E-state index in [1.54, 1.807) is 7.11 Å². The lowest BCUT2D eigenvalue weighted by atomic mass is 9.92. The molecule has 3 rings (SSSR count). The van der Waals surface area contributed by atoms with E-state index in [4.69, 9.17) is 13.9 Å². The molecule has 42 heavy (non-hydrogen) atoms. The van der Waals surface area contributed by atoms with E-state index < -0.39 is 26.5 Å². The lowest BCUT2D eigenvalue weighted by Gasteiger charge is -2.43.